The Kier molecular flexibility index (Phi) is 9.12. The molecule has 0 radical (unpaired) electrons. The van der Waals surface area contributed by atoms with Gasteiger partial charge in [0.2, 0.25) is 11.8 Å². The molecule has 0 saturated heterocycles. The van der Waals surface area contributed by atoms with Gasteiger partial charge in [-0.3, -0.25) is 14.4 Å². The van der Waals surface area contributed by atoms with E-state index in [1.807, 2.05) is 20.8 Å². The minimum Gasteiger partial charge on any atom is -0.345 e. The molecule has 2 rings (SSSR count). The Balaban J connectivity index is 1.68. The molecule has 0 heterocycles. The van der Waals surface area contributed by atoms with Crippen LogP contribution < -0.4 is 10.6 Å². The third kappa shape index (κ3) is 7.75. The van der Waals surface area contributed by atoms with Gasteiger partial charge >= 0.3 is 0 Å². The van der Waals surface area contributed by atoms with Crippen LogP contribution in [0.5, 0.6) is 0 Å². The van der Waals surface area contributed by atoms with Crippen molar-refractivity contribution in [2.24, 2.45) is 0 Å². The Labute approximate surface area is 188 Å². The van der Waals surface area contributed by atoms with Crippen LogP contribution in [0.3, 0.4) is 0 Å². The zero-order chi connectivity index (χ0) is 23.0. The van der Waals surface area contributed by atoms with Crippen LogP contribution in [0.25, 0.3) is 0 Å². The lowest BCUT2D eigenvalue weighted by atomic mass is 10.0. The van der Waals surface area contributed by atoms with E-state index < -0.39 is 0 Å². The molecule has 2 N–H and O–H groups in total. The van der Waals surface area contributed by atoms with Gasteiger partial charge in [0.05, 0.1) is 5.75 Å². The molecule has 0 bridgehead atoms. The van der Waals surface area contributed by atoms with E-state index in [1.165, 1.54) is 22.2 Å². The lowest BCUT2D eigenvalue weighted by molar-refractivity contribution is -0.116. The van der Waals surface area contributed by atoms with Crippen molar-refractivity contribution in [1.82, 2.24) is 4.90 Å². The minimum absolute atomic E-state index is 0.00698. The van der Waals surface area contributed by atoms with Gasteiger partial charge in [0, 0.05) is 37.5 Å². The molecule has 0 fully saturated rings. The Hall–Kier alpha value is -2.80. The molecule has 0 aromatic heterocycles. The van der Waals surface area contributed by atoms with Gasteiger partial charge < -0.3 is 15.5 Å². The first kappa shape index (κ1) is 24.5. The summed E-state index contributed by atoms with van der Waals surface area (Å²) in [6, 6.07) is 11.0. The van der Waals surface area contributed by atoms with Gasteiger partial charge in [-0.1, -0.05) is 17.7 Å². The first-order valence-corrected chi connectivity index (χ1v) is 11.4. The molecule has 0 spiro atoms. The van der Waals surface area contributed by atoms with E-state index in [-0.39, 0.29) is 17.7 Å². The second-order valence-electron chi connectivity index (χ2n) is 7.80. The van der Waals surface area contributed by atoms with Crippen molar-refractivity contribution in [1.29, 1.82) is 0 Å². The largest absolute Gasteiger partial charge is 0.345 e. The maximum Gasteiger partial charge on any atom is 0.253 e. The van der Waals surface area contributed by atoms with Gasteiger partial charge in [-0.2, -0.15) is 11.8 Å². The molecule has 0 aliphatic heterocycles. The molecule has 0 aliphatic rings. The average molecular weight is 442 g/mol. The molecular formula is C24H31N3O3S. The average Bonchev–Trinajstić information content (AvgIpc) is 2.70. The Morgan fingerprint density at radius 2 is 1.52 bits per heavy atom. The standard InChI is InChI=1S/C24H31N3O3S/c1-16-13-17(2)23(18(3)14-16)26-21(28)7-6-12-31-15-22(29)25-20-10-8-19(9-11-20)24(30)27(4)5/h8-11,13-14H,6-7,12,15H2,1-5H3,(H,25,29)(H,26,28). The molecule has 2 aromatic rings. The fourth-order valence-electron chi connectivity index (χ4n) is 3.23. The smallest absolute Gasteiger partial charge is 0.253 e. The third-order valence-corrected chi connectivity index (χ3v) is 5.73. The zero-order valence-electron chi connectivity index (χ0n) is 18.9. The monoisotopic (exact) mass is 441 g/mol. The molecule has 6 nitrogen and oxygen atoms in total. The van der Waals surface area contributed by atoms with Crippen molar-refractivity contribution in [3.63, 3.8) is 0 Å². The number of carbonyl (C=O) groups is 3. The van der Waals surface area contributed by atoms with E-state index in [4.69, 9.17) is 0 Å². The SMILES string of the molecule is Cc1cc(C)c(NC(=O)CCCSCC(=O)Nc2ccc(C(=O)N(C)C)cc2)c(C)c1. The van der Waals surface area contributed by atoms with Crippen LogP contribution in [0.15, 0.2) is 36.4 Å². The molecule has 0 atom stereocenters. The molecule has 166 valence electrons. The number of nitrogens with zero attached hydrogens (tertiary/aromatic N) is 1. The predicted molar refractivity (Wildman–Crippen MR) is 129 cm³/mol. The third-order valence-electron chi connectivity index (χ3n) is 4.69. The second kappa shape index (κ2) is 11.6. The van der Waals surface area contributed by atoms with Crippen LogP contribution in [-0.2, 0) is 9.59 Å². The maximum absolute atomic E-state index is 12.2. The predicted octanol–water partition coefficient (Wildman–Crippen LogP) is 4.40. The number of nitrogens with one attached hydrogen (secondary N) is 2. The summed E-state index contributed by atoms with van der Waals surface area (Å²) >= 11 is 1.50. The van der Waals surface area contributed by atoms with Crippen LogP contribution in [0, 0.1) is 20.8 Å². The fraction of sp³-hybridized carbons (Fsp3) is 0.375. The number of thioether (sulfide) groups is 1. The number of anilines is 2. The highest BCUT2D eigenvalue weighted by atomic mass is 32.2. The first-order chi connectivity index (χ1) is 14.7. The number of rotatable bonds is 9. The summed E-state index contributed by atoms with van der Waals surface area (Å²) < 4.78 is 0. The fourth-order valence-corrected chi connectivity index (χ4v) is 3.98. The van der Waals surface area contributed by atoms with Crippen molar-refractivity contribution in [3.8, 4) is 0 Å². The topological polar surface area (TPSA) is 78.5 Å². The Bertz CT molecular complexity index is 917. The Morgan fingerprint density at radius 3 is 2.10 bits per heavy atom. The van der Waals surface area contributed by atoms with Gasteiger partial charge in [0.25, 0.3) is 5.91 Å². The quantitative estimate of drug-likeness (QED) is 0.565. The molecule has 31 heavy (non-hydrogen) atoms. The molecule has 0 aliphatic carbocycles. The summed E-state index contributed by atoms with van der Waals surface area (Å²) in [6.45, 7) is 6.04. The van der Waals surface area contributed by atoms with Gasteiger partial charge in [0.1, 0.15) is 0 Å². The number of benzene rings is 2. The van der Waals surface area contributed by atoms with Gasteiger partial charge in [-0.05, 0) is 68.3 Å². The van der Waals surface area contributed by atoms with E-state index in [0.29, 0.717) is 29.8 Å². The molecule has 0 unspecified atom stereocenters. The highest BCUT2D eigenvalue weighted by Crippen LogP contribution is 2.22. The maximum atomic E-state index is 12.2. The van der Waals surface area contributed by atoms with Crippen molar-refractivity contribution in [3.05, 3.63) is 58.7 Å². The van der Waals surface area contributed by atoms with Crippen molar-refractivity contribution in [2.45, 2.75) is 33.6 Å². The van der Waals surface area contributed by atoms with Gasteiger partial charge in [-0.15, -0.1) is 0 Å². The second-order valence-corrected chi connectivity index (χ2v) is 8.91. The lowest BCUT2D eigenvalue weighted by Crippen LogP contribution is -2.21. The lowest BCUT2D eigenvalue weighted by Gasteiger charge is -2.13. The van der Waals surface area contributed by atoms with Crippen LogP contribution >= 0.6 is 11.8 Å². The number of hydrogen-bond acceptors (Lipinski definition) is 4. The Morgan fingerprint density at radius 1 is 0.903 bits per heavy atom. The number of amides is 3. The zero-order valence-corrected chi connectivity index (χ0v) is 19.7. The van der Waals surface area contributed by atoms with Crippen molar-refractivity contribution < 1.29 is 14.4 Å². The normalized spacial score (nSPS) is 10.5. The van der Waals surface area contributed by atoms with E-state index in [9.17, 15) is 14.4 Å². The highest BCUT2D eigenvalue weighted by Gasteiger charge is 2.10. The summed E-state index contributed by atoms with van der Waals surface area (Å²) in [5, 5.41) is 5.83. The molecule has 0 saturated carbocycles. The summed E-state index contributed by atoms with van der Waals surface area (Å²) in [6.07, 6.45) is 1.12. The summed E-state index contributed by atoms with van der Waals surface area (Å²) in [5.74, 6) is 0.851. The molecule has 7 heteroatoms. The first-order valence-electron chi connectivity index (χ1n) is 10.2. The van der Waals surface area contributed by atoms with Gasteiger partial charge in [-0.25, -0.2) is 0 Å². The van der Waals surface area contributed by atoms with E-state index in [2.05, 4.69) is 22.8 Å². The molecule has 2 aromatic carbocycles. The van der Waals surface area contributed by atoms with E-state index in [0.717, 1.165) is 22.6 Å². The molecule has 3 amide bonds. The van der Waals surface area contributed by atoms with E-state index in [1.54, 1.807) is 38.4 Å². The van der Waals surface area contributed by atoms with Crippen LogP contribution in [0.2, 0.25) is 0 Å². The number of hydrogen-bond donors (Lipinski definition) is 2. The number of aryl methyl sites for hydroxylation is 3. The molecular weight excluding hydrogens is 410 g/mol. The summed E-state index contributed by atoms with van der Waals surface area (Å²) in [4.78, 5) is 37.7. The van der Waals surface area contributed by atoms with Gasteiger partial charge in [0.15, 0.2) is 0 Å². The summed E-state index contributed by atoms with van der Waals surface area (Å²) in [7, 11) is 3.40. The van der Waals surface area contributed by atoms with Crippen molar-refractivity contribution in [2.75, 3.05) is 36.2 Å². The van der Waals surface area contributed by atoms with Crippen LogP contribution in [0.4, 0.5) is 11.4 Å². The highest BCUT2D eigenvalue weighted by molar-refractivity contribution is 7.99. The summed E-state index contributed by atoms with van der Waals surface area (Å²) in [5.41, 5.74) is 5.43. The van der Waals surface area contributed by atoms with Crippen LogP contribution in [-0.4, -0.2) is 48.2 Å². The minimum atomic E-state index is -0.105. The van der Waals surface area contributed by atoms with Crippen LogP contribution in [0.1, 0.15) is 39.9 Å². The van der Waals surface area contributed by atoms with Crippen molar-refractivity contribution >= 4 is 40.9 Å². The van der Waals surface area contributed by atoms with E-state index >= 15 is 0 Å². The number of carbonyl (C=O) groups excluding carboxylic acids is 3.